The zero-order chi connectivity index (χ0) is 18.1. The Bertz CT molecular complexity index is 594. The van der Waals surface area contributed by atoms with Crippen molar-refractivity contribution in [1.82, 2.24) is 16.0 Å². The van der Waals surface area contributed by atoms with Crippen molar-refractivity contribution in [3.05, 3.63) is 35.4 Å². The minimum Gasteiger partial charge on any atom is -0.357 e. The number of rotatable bonds is 8. The normalized spacial score (nSPS) is 15.4. The van der Waals surface area contributed by atoms with Gasteiger partial charge in [0.1, 0.15) is 0 Å². The molecule has 0 radical (unpaired) electrons. The highest BCUT2D eigenvalue weighted by atomic mass is 127. The molecule has 1 fully saturated rings. The SMILES string of the molecule is CCNC(=NCC1(CC)CCC1)NCCc1cccc(C(=O)NC)c1.I. The maximum atomic E-state index is 11.7. The molecule has 26 heavy (non-hydrogen) atoms. The topological polar surface area (TPSA) is 65.5 Å². The summed E-state index contributed by atoms with van der Waals surface area (Å²) < 4.78 is 0. The Balaban J connectivity index is 0.00000338. The van der Waals surface area contributed by atoms with E-state index in [-0.39, 0.29) is 29.9 Å². The fourth-order valence-electron chi connectivity index (χ4n) is 3.23. The molecule has 1 amide bonds. The molecule has 0 bridgehead atoms. The Hall–Kier alpha value is -1.31. The standard InChI is InChI=1S/C20H32N4O.HI/c1-4-20(11-7-12-20)15-24-19(22-5-2)23-13-10-16-8-6-9-17(14-16)18(25)21-3;/h6,8-9,14H,4-5,7,10-13,15H2,1-3H3,(H,21,25)(H2,22,23,24);1H. The summed E-state index contributed by atoms with van der Waals surface area (Å²) in [5.41, 5.74) is 2.29. The molecule has 1 aliphatic rings. The van der Waals surface area contributed by atoms with Crippen LogP contribution in [0.1, 0.15) is 55.5 Å². The van der Waals surface area contributed by atoms with Crippen molar-refractivity contribution in [1.29, 1.82) is 0 Å². The number of amides is 1. The summed E-state index contributed by atoms with van der Waals surface area (Å²) in [6, 6.07) is 7.77. The summed E-state index contributed by atoms with van der Waals surface area (Å²) in [4.78, 5) is 16.5. The molecule has 1 aromatic rings. The third kappa shape index (κ3) is 6.45. The molecular weight excluding hydrogens is 439 g/mol. The lowest BCUT2D eigenvalue weighted by molar-refractivity contribution is 0.0963. The lowest BCUT2D eigenvalue weighted by atomic mass is 9.67. The highest BCUT2D eigenvalue weighted by Crippen LogP contribution is 2.43. The van der Waals surface area contributed by atoms with Crippen LogP contribution in [0.2, 0.25) is 0 Å². The lowest BCUT2D eigenvalue weighted by Gasteiger charge is -2.40. The van der Waals surface area contributed by atoms with E-state index in [4.69, 9.17) is 4.99 Å². The fourth-order valence-corrected chi connectivity index (χ4v) is 3.23. The highest BCUT2D eigenvalue weighted by Gasteiger charge is 2.34. The summed E-state index contributed by atoms with van der Waals surface area (Å²) in [5.74, 6) is 0.847. The van der Waals surface area contributed by atoms with E-state index >= 15 is 0 Å². The highest BCUT2D eigenvalue weighted by molar-refractivity contribution is 14.0. The van der Waals surface area contributed by atoms with Gasteiger partial charge in [0.25, 0.3) is 5.91 Å². The number of hydrogen-bond donors (Lipinski definition) is 3. The Morgan fingerprint density at radius 3 is 2.58 bits per heavy atom. The van der Waals surface area contributed by atoms with Gasteiger partial charge in [-0.1, -0.05) is 25.5 Å². The maximum Gasteiger partial charge on any atom is 0.251 e. The first-order valence-electron chi connectivity index (χ1n) is 9.45. The maximum absolute atomic E-state index is 11.7. The monoisotopic (exact) mass is 472 g/mol. The van der Waals surface area contributed by atoms with Crippen molar-refractivity contribution in [3.8, 4) is 0 Å². The van der Waals surface area contributed by atoms with Gasteiger partial charge in [-0.15, -0.1) is 24.0 Å². The van der Waals surface area contributed by atoms with Gasteiger partial charge < -0.3 is 16.0 Å². The van der Waals surface area contributed by atoms with E-state index in [1.165, 1.54) is 25.7 Å². The third-order valence-corrected chi connectivity index (χ3v) is 5.20. The summed E-state index contributed by atoms with van der Waals surface area (Å²) in [7, 11) is 1.65. The first kappa shape index (κ1) is 22.7. The van der Waals surface area contributed by atoms with Crippen LogP contribution in [0.15, 0.2) is 29.3 Å². The molecule has 1 aliphatic carbocycles. The quantitative estimate of drug-likeness (QED) is 0.309. The lowest BCUT2D eigenvalue weighted by Crippen LogP contribution is -2.40. The molecule has 0 aliphatic heterocycles. The molecule has 5 nitrogen and oxygen atoms in total. The summed E-state index contributed by atoms with van der Waals surface area (Å²) >= 11 is 0. The first-order valence-corrected chi connectivity index (χ1v) is 9.45. The second-order valence-corrected chi connectivity index (χ2v) is 6.86. The van der Waals surface area contributed by atoms with Gasteiger partial charge in [0, 0.05) is 32.2 Å². The molecule has 0 heterocycles. The van der Waals surface area contributed by atoms with E-state index in [0.29, 0.717) is 11.0 Å². The zero-order valence-electron chi connectivity index (χ0n) is 16.2. The molecule has 1 saturated carbocycles. The van der Waals surface area contributed by atoms with Gasteiger partial charge in [-0.2, -0.15) is 0 Å². The average Bonchev–Trinajstić information content (AvgIpc) is 2.60. The van der Waals surface area contributed by atoms with Crippen LogP contribution in [0.5, 0.6) is 0 Å². The molecule has 6 heteroatoms. The molecule has 3 N–H and O–H groups in total. The molecule has 0 saturated heterocycles. The number of guanidine groups is 1. The van der Waals surface area contributed by atoms with Crippen molar-refractivity contribution in [2.45, 2.75) is 46.0 Å². The molecule has 0 aromatic heterocycles. The van der Waals surface area contributed by atoms with Crippen LogP contribution in [0.4, 0.5) is 0 Å². The van der Waals surface area contributed by atoms with Gasteiger partial charge >= 0.3 is 0 Å². The number of nitrogens with one attached hydrogen (secondary N) is 3. The number of carbonyl (C=O) groups excluding carboxylic acids is 1. The van der Waals surface area contributed by atoms with Gasteiger partial charge in [-0.3, -0.25) is 9.79 Å². The number of aliphatic imine (C=N–C) groups is 1. The van der Waals surface area contributed by atoms with Crippen LogP contribution in [0.25, 0.3) is 0 Å². The largest absolute Gasteiger partial charge is 0.357 e. The minimum absolute atomic E-state index is 0. The number of nitrogens with zero attached hydrogens (tertiary/aromatic N) is 1. The van der Waals surface area contributed by atoms with Gasteiger partial charge in [-0.25, -0.2) is 0 Å². The van der Waals surface area contributed by atoms with Gasteiger partial charge in [-0.05, 0) is 55.7 Å². The summed E-state index contributed by atoms with van der Waals surface area (Å²) in [5, 5.41) is 9.41. The van der Waals surface area contributed by atoms with Crippen molar-refractivity contribution in [3.63, 3.8) is 0 Å². The second kappa shape index (κ2) is 11.4. The van der Waals surface area contributed by atoms with Gasteiger partial charge in [0.15, 0.2) is 5.96 Å². The van der Waals surface area contributed by atoms with E-state index in [0.717, 1.165) is 37.6 Å². The Morgan fingerprint density at radius 2 is 2.00 bits per heavy atom. The number of carbonyl (C=O) groups is 1. The Kier molecular flexibility index (Phi) is 9.98. The van der Waals surface area contributed by atoms with E-state index in [2.05, 4.69) is 35.9 Å². The molecule has 0 spiro atoms. The van der Waals surface area contributed by atoms with E-state index in [1.807, 2.05) is 18.2 Å². The summed E-state index contributed by atoms with van der Waals surface area (Å²) in [6.07, 6.45) is 6.02. The molecule has 0 atom stereocenters. The molecule has 1 aromatic carbocycles. The Morgan fingerprint density at radius 1 is 1.23 bits per heavy atom. The Labute approximate surface area is 174 Å². The first-order chi connectivity index (χ1) is 12.1. The van der Waals surface area contributed by atoms with Crippen molar-refractivity contribution < 1.29 is 4.79 Å². The van der Waals surface area contributed by atoms with E-state index < -0.39 is 0 Å². The van der Waals surface area contributed by atoms with Crippen molar-refractivity contribution >= 4 is 35.8 Å². The number of halogens is 1. The second-order valence-electron chi connectivity index (χ2n) is 6.86. The minimum atomic E-state index is -0.0462. The van der Waals surface area contributed by atoms with Crippen molar-refractivity contribution in [2.24, 2.45) is 10.4 Å². The van der Waals surface area contributed by atoms with Crippen LogP contribution in [-0.2, 0) is 6.42 Å². The van der Waals surface area contributed by atoms with Crippen molar-refractivity contribution in [2.75, 3.05) is 26.7 Å². The van der Waals surface area contributed by atoms with Crippen LogP contribution >= 0.6 is 24.0 Å². The predicted octanol–water partition coefficient (Wildman–Crippen LogP) is 3.34. The number of hydrogen-bond acceptors (Lipinski definition) is 2. The van der Waals surface area contributed by atoms with E-state index in [9.17, 15) is 4.79 Å². The molecular formula is C20H33IN4O. The number of benzene rings is 1. The van der Waals surface area contributed by atoms with Crippen LogP contribution in [-0.4, -0.2) is 38.5 Å². The van der Waals surface area contributed by atoms with Gasteiger partial charge in [0.05, 0.1) is 0 Å². The molecule has 2 rings (SSSR count). The predicted molar refractivity (Wildman–Crippen MR) is 120 cm³/mol. The molecule has 146 valence electrons. The third-order valence-electron chi connectivity index (χ3n) is 5.20. The summed E-state index contributed by atoms with van der Waals surface area (Å²) in [6.45, 7) is 6.92. The molecule has 0 unspecified atom stereocenters. The van der Waals surface area contributed by atoms with Crippen LogP contribution in [0, 0.1) is 5.41 Å². The van der Waals surface area contributed by atoms with Crippen LogP contribution < -0.4 is 16.0 Å². The average molecular weight is 472 g/mol. The van der Waals surface area contributed by atoms with Crippen LogP contribution in [0.3, 0.4) is 0 Å². The fraction of sp³-hybridized carbons (Fsp3) is 0.600. The smallest absolute Gasteiger partial charge is 0.251 e. The van der Waals surface area contributed by atoms with Gasteiger partial charge in [0.2, 0.25) is 0 Å². The van der Waals surface area contributed by atoms with E-state index in [1.54, 1.807) is 7.05 Å². The zero-order valence-corrected chi connectivity index (χ0v) is 18.6.